The van der Waals surface area contributed by atoms with Gasteiger partial charge in [0.2, 0.25) is 0 Å². The van der Waals surface area contributed by atoms with Crippen molar-refractivity contribution >= 4 is 11.8 Å². The van der Waals surface area contributed by atoms with Crippen LogP contribution in [0.15, 0.2) is 30.5 Å². The van der Waals surface area contributed by atoms with E-state index in [-0.39, 0.29) is 5.69 Å². The molecule has 0 saturated carbocycles. The van der Waals surface area contributed by atoms with Gasteiger partial charge in [0.15, 0.2) is 0 Å². The fourth-order valence-electron chi connectivity index (χ4n) is 0.843. The molecule has 4 nitrogen and oxygen atoms in total. The van der Waals surface area contributed by atoms with Gasteiger partial charge in [0.05, 0.1) is 11.1 Å². The van der Waals surface area contributed by atoms with Crippen LogP contribution in [0.3, 0.4) is 0 Å². The molecule has 0 amide bonds. The van der Waals surface area contributed by atoms with Crippen LogP contribution in [0.4, 0.5) is 5.69 Å². The molecule has 0 aliphatic carbocycles. The van der Waals surface area contributed by atoms with Crippen molar-refractivity contribution in [1.82, 2.24) is 0 Å². The zero-order valence-electron chi connectivity index (χ0n) is 6.43. The third-order valence-electron chi connectivity index (χ3n) is 1.41. The number of rotatable bonds is 2. The van der Waals surface area contributed by atoms with E-state index >= 15 is 0 Å². The van der Waals surface area contributed by atoms with E-state index in [9.17, 15) is 10.1 Å². The molecular formula is C8H9N2O2+. The topological polar surface area (TPSA) is 70.8 Å². The molecule has 0 aliphatic rings. The number of benzene rings is 1. The first-order chi connectivity index (χ1) is 5.74. The van der Waals surface area contributed by atoms with Gasteiger partial charge in [-0.05, 0) is 23.8 Å². The summed E-state index contributed by atoms with van der Waals surface area (Å²) in [4.78, 5) is 9.83. The Hall–Kier alpha value is -1.68. The smallest absolute Gasteiger partial charge is 0.269 e. The van der Waals surface area contributed by atoms with Crippen molar-refractivity contribution in [3.63, 3.8) is 0 Å². The molecule has 0 bridgehead atoms. The molecule has 3 N–H and O–H groups in total. The molecule has 0 saturated heterocycles. The number of nitro benzene ring substituents is 1. The van der Waals surface area contributed by atoms with E-state index in [1.807, 2.05) is 0 Å². The first-order valence-electron chi connectivity index (χ1n) is 3.44. The average molecular weight is 165 g/mol. The quantitative estimate of drug-likeness (QED) is 0.520. The van der Waals surface area contributed by atoms with Gasteiger partial charge < -0.3 is 5.73 Å². The van der Waals surface area contributed by atoms with E-state index in [1.54, 1.807) is 24.4 Å². The summed E-state index contributed by atoms with van der Waals surface area (Å²) in [5.41, 5.74) is 4.54. The van der Waals surface area contributed by atoms with Crippen LogP contribution in [0.1, 0.15) is 5.56 Å². The Labute approximate surface area is 69.5 Å². The lowest BCUT2D eigenvalue weighted by Crippen LogP contribution is -2.38. The number of quaternary nitrogens is 1. The largest absolute Gasteiger partial charge is 0.331 e. The predicted molar refractivity (Wildman–Crippen MR) is 45.0 cm³/mol. The predicted octanol–water partition coefficient (Wildman–Crippen LogP) is 0.807. The first-order valence-corrected chi connectivity index (χ1v) is 3.44. The Morgan fingerprint density at radius 3 is 2.33 bits per heavy atom. The summed E-state index contributed by atoms with van der Waals surface area (Å²) in [6.45, 7) is 0. The van der Waals surface area contributed by atoms with Gasteiger partial charge in [-0.15, -0.1) is 0 Å². The van der Waals surface area contributed by atoms with Crippen LogP contribution in [-0.2, 0) is 0 Å². The molecule has 0 radical (unpaired) electrons. The van der Waals surface area contributed by atoms with Gasteiger partial charge >= 0.3 is 0 Å². The van der Waals surface area contributed by atoms with E-state index in [4.69, 9.17) is 0 Å². The number of hydrogen-bond donors (Lipinski definition) is 1. The van der Waals surface area contributed by atoms with Crippen LogP contribution in [0, 0.1) is 10.1 Å². The second kappa shape index (κ2) is 3.64. The van der Waals surface area contributed by atoms with Crippen molar-refractivity contribution in [3.8, 4) is 0 Å². The molecule has 0 spiro atoms. The maximum atomic E-state index is 10.2. The van der Waals surface area contributed by atoms with Gasteiger partial charge in [-0.2, -0.15) is 0 Å². The molecule has 0 heterocycles. The SMILES string of the molecule is [NH3+]/C=C/c1ccc([N+](=O)[O-])cc1. The minimum atomic E-state index is -0.419. The van der Waals surface area contributed by atoms with Crippen LogP contribution in [0.5, 0.6) is 0 Å². The maximum Gasteiger partial charge on any atom is 0.269 e. The zero-order chi connectivity index (χ0) is 8.97. The van der Waals surface area contributed by atoms with Crippen molar-refractivity contribution in [3.05, 3.63) is 46.1 Å². The fourth-order valence-corrected chi connectivity index (χ4v) is 0.843. The highest BCUT2D eigenvalue weighted by atomic mass is 16.6. The van der Waals surface area contributed by atoms with Crippen molar-refractivity contribution in [2.45, 2.75) is 0 Å². The molecule has 0 unspecified atom stereocenters. The zero-order valence-corrected chi connectivity index (χ0v) is 6.43. The number of nitro groups is 1. The molecule has 0 aliphatic heterocycles. The third-order valence-corrected chi connectivity index (χ3v) is 1.41. The minimum absolute atomic E-state index is 0.108. The monoisotopic (exact) mass is 165 g/mol. The number of nitrogens with zero attached hydrogens (tertiary/aromatic N) is 1. The normalized spacial score (nSPS) is 10.4. The molecule has 1 aromatic carbocycles. The van der Waals surface area contributed by atoms with Gasteiger partial charge in [0.25, 0.3) is 5.69 Å². The summed E-state index contributed by atoms with van der Waals surface area (Å²) >= 11 is 0. The van der Waals surface area contributed by atoms with E-state index in [1.165, 1.54) is 12.1 Å². The highest BCUT2D eigenvalue weighted by Gasteiger charge is 2.01. The molecule has 1 rings (SSSR count). The molecule has 0 aromatic heterocycles. The van der Waals surface area contributed by atoms with Crippen molar-refractivity contribution in [1.29, 1.82) is 0 Å². The summed E-state index contributed by atoms with van der Waals surface area (Å²) in [6, 6.07) is 6.30. The molecule has 4 heteroatoms. The lowest BCUT2D eigenvalue weighted by molar-refractivity contribution is -0.384. The molecule has 1 aromatic rings. The fraction of sp³-hybridized carbons (Fsp3) is 0. The second-order valence-electron chi connectivity index (χ2n) is 2.25. The Morgan fingerprint density at radius 1 is 1.33 bits per heavy atom. The molecule has 62 valence electrons. The van der Waals surface area contributed by atoms with E-state index in [0.29, 0.717) is 0 Å². The Bertz CT molecular complexity index is 303. The van der Waals surface area contributed by atoms with Crippen molar-refractivity contribution < 1.29 is 10.7 Å². The Balaban J connectivity index is 2.93. The van der Waals surface area contributed by atoms with Gasteiger partial charge in [-0.3, -0.25) is 10.1 Å². The Kier molecular flexibility index (Phi) is 2.55. The molecular weight excluding hydrogens is 156 g/mol. The first kappa shape index (κ1) is 8.42. The van der Waals surface area contributed by atoms with Crippen LogP contribution in [0.2, 0.25) is 0 Å². The minimum Gasteiger partial charge on any atom is -0.331 e. The van der Waals surface area contributed by atoms with Gasteiger partial charge in [-0.1, -0.05) is 0 Å². The summed E-state index contributed by atoms with van der Waals surface area (Å²) in [7, 11) is 0. The van der Waals surface area contributed by atoms with E-state index in [2.05, 4.69) is 5.73 Å². The van der Waals surface area contributed by atoms with Crippen LogP contribution in [0.25, 0.3) is 6.08 Å². The third kappa shape index (κ3) is 1.90. The van der Waals surface area contributed by atoms with Crippen LogP contribution >= 0.6 is 0 Å². The van der Waals surface area contributed by atoms with E-state index in [0.717, 1.165) is 5.56 Å². The standard InChI is InChI=1S/C8H8N2O2/c9-6-5-7-1-3-8(4-2-7)10(11)12/h1-6H,9H2/p+1/b6-5+. The lowest BCUT2D eigenvalue weighted by Gasteiger charge is -1.91. The summed E-state index contributed by atoms with van der Waals surface area (Å²) in [5, 5.41) is 10.2. The number of non-ortho nitro benzene ring substituents is 1. The van der Waals surface area contributed by atoms with Gasteiger partial charge in [0, 0.05) is 12.1 Å². The average Bonchev–Trinajstić information content (AvgIpc) is 2.06. The maximum absolute atomic E-state index is 10.2. The highest BCUT2D eigenvalue weighted by Crippen LogP contribution is 2.12. The van der Waals surface area contributed by atoms with Crippen LogP contribution in [-0.4, -0.2) is 4.92 Å². The molecule has 0 atom stereocenters. The second-order valence-corrected chi connectivity index (χ2v) is 2.25. The van der Waals surface area contributed by atoms with Crippen LogP contribution < -0.4 is 5.73 Å². The lowest BCUT2D eigenvalue weighted by atomic mass is 10.2. The van der Waals surface area contributed by atoms with Gasteiger partial charge in [-0.25, -0.2) is 0 Å². The summed E-state index contributed by atoms with van der Waals surface area (Å²) in [6.07, 6.45) is 3.42. The number of hydrogen-bond acceptors (Lipinski definition) is 2. The molecule has 12 heavy (non-hydrogen) atoms. The van der Waals surface area contributed by atoms with E-state index < -0.39 is 4.92 Å². The van der Waals surface area contributed by atoms with Gasteiger partial charge in [0.1, 0.15) is 0 Å². The Morgan fingerprint density at radius 2 is 1.92 bits per heavy atom. The summed E-state index contributed by atoms with van der Waals surface area (Å²) in [5.74, 6) is 0. The van der Waals surface area contributed by atoms with Crippen molar-refractivity contribution in [2.75, 3.05) is 0 Å². The molecule has 0 fully saturated rings. The van der Waals surface area contributed by atoms with Crippen molar-refractivity contribution in [2.24, 2.45) is 0 Å². The summed E-state index contributed by atoms with van der Waals surface area (Å²) < 4.78 is 0. The highest BCUT2D eigenvalue weighted by molar-refractivity contribution is 5.50.